The number of hydrogen-bond donors (Lipinski definition) is 1. The topological polar surface area (TPSA) is 84.5 Å². The number of carbonyl (C=O) groups excluding carboxylic acids is 2. The SMILES string of the molecule is CC(C)(C)OC(=O)N1Cc2[nH]cnc2C[C@H]1C(=O)OCc1ccccc1. The highest BCUT2D eigenvalue weighted by atomic mass is 16.6. The van der Waals surface area contributed by atoms with Crippen molar-refractivity contribution in [2.75, 3.05) is 0 Å². The number of benzene rings is 1. The molecule has 7 nitrogen and oxygen atoms in total. The van der Waals surface area contributed by atoms with Crippen LogP contribution in [0.1, 0.15) is 37.7 Å². The van der Waals surface area contributed by atoms with Crippen molar-refractivity contribution in [1.29, 1.82) is 0 Å². The molecule has 138 valence electrons. The fraction of sp³-hybridized carbons (Fsp3) is 0.421. The van der Waals surface area contributed by atoms with E-state index in [2.05, 4.69) is 9.97 Å². The summed E-state index contributed by atoms with van der Waals surface area (Å²) in [4.78, 5) is 33.9. The highest BCUT2D eigenvalue weighted by molar-refractivity contribution is 5.82. The minimum Gasteiger partial charge on any atom is -0.459 e. The number of fused-ring (bicyclic) bond motifs is 1. The van der Waals surface area contributed by atoms with Gasteiger partial charge in [-0.05, 0) is 26.3 Å². The number of ether oxygens (including phenoxy) is 2. The van der Waals surface area contributed by atoms with Crippen LogP contribution < -0.4 is 0 Å². The van der Waals surface area contributed by atoms with Crippen LogP contribution in [0.3, 0.4) is 0 Å². The Bertz CT molecular complexity index is 780. The summed E-state index contributed by atoms with van der Waals surface area (Å²) in [6, 6.07) is 8.66. The van der Waals surface area contributed by atoms with Crippen molar-refractivity contribution >= 4 is 12.1 Å². The Labute approximate surface area is 152 Å². The van der Waals surface area contributed by atoms with Gasteiger partial charge in [0.1, 0.15) is 18.2 Å². The first-order chi connectivity index (χ1) is 12.3. The molecule has 1 aromatic carbocycles. The molecule has 26 heavy (non-hydrogen) atoms. The van der Waals surface area contributed by atoms with Crippen LogP contribution >= 0.6 is 0 Å². The van der Waals surface area contributed by atoms with Gasteiger partial charge in [0.25, 0.3) is 0 Å². The zero-order chi connectivity index (χ0) is 18.7. The number of aromatic amines is 1. The van der Waals surface area contributed by atoms with Crippen LogP contribution in [0.4, 0.5) is 4.79 Å². The summed E-state index contributed by atoms with van der Waals surface area (Å²) in [5.41, 5.74) is 1.82. The molecule has 2 heterocycles. The van der Waals surface area contributed by atoms with Crippen molar-refractivity contribution in [2.24, 2.45) is 0 Å². The number of rotatable bonds is 3. The molecule has 1 aromatic heterocycles. The molecule has 1 aliphatic rings. The van der Waals surface area contributed by atoms with Gasteiger partial charge in [-0.2, -0.15) is 0 Å². The molecular formula is C19H23N3O4. The maximum absolute atomic E-state index is 12.7. The Morgan fingerprint density at radius 3 is 2.69 bits per heavy atom. The molecule has 1 N–H and O–H groups in total. The molecule has 2 aromatic rings. The predicted molar refractivity (Wildman–Crippen MR) is 94.1 cm³/mol. The fourth-order valence-electron chi connectivity index (χ4n) is 2.78. The predicted octanol–water partition coefficient (Wildman–Crippen LogP) is 2.81. The summed E-state index contributed by atoms with van der Waals surface area (Å²) < 4.78 is 10.9. The van der Waals surface area contributed by atoms with E-state index >= 15 is 0 Å². The number of hydrogen-bond acceptors (Lipinski definition) is 5. The highest BCUT2D eigenvalue weighted by Crippen LogP contribution is 2.24. The number of amides is 1. The van der Waals surface area contributed by atoms with Crippen LogP contribution in [-0.4, -0.2) is 38.6 Å². The van der Waals surface area contributed by atoms with E-state index in [1.165, 1.54) is 4.90 Å². The standard InChI is InChI=1S/C19H23N3O4/c1-19(2,3)26-18(24)22-10-15-14(20-12-21-15)9-16(22)17(23)25-11-13-7-5-4-6-8-13/h4-8,12,16H,9-11H2,1-3H3,(H,20,21)/t16-/m0/s1. The quantitative estimate of drug-likeness (QED) is 0.854. The number of aromatic nitrogens is 2. The average Bonchev–Trinajstić information content (AvgIpc) is 3.05. The van der Waals surface area contributed by atoms with Crippen molar-refractivity contribution in [1.82, 2.24) is 14.9 Å². The molecule has 3 rings (SSSR count). The van der Waals surface area contributed by atoms with E-state index in [0.717, 1.165) is 17.0 Å². The number of nitrogens with one attached hydrogen (secondary N) is 1. The Morgan fingerprint density at radius 2 is 2.00 bits per heavy atom. The van der Waals surface area contributed by atoms with Crippen LogP contribution in [-0.2, 0) is 33.8 Å². The molecule has 0 saturated heterocycles. The maximum Gasteiger partial charge on any atom is 0.411 e. The van der Waals surface area contributed by atoms with Gasteiger partial charge in [-0.1, -0.05) is 30.3 Å². The van der Waals surface area contributed by atoms with Crippen molar-refractivity contribution in [3.63, 3.8) is 0 Å². The van der Waals surface area contributed by atoms with Gasteiger partial charge in [0.05, 0.1) is 24.3 Å². The number of carbonyl (C=O) groups is 2. The van der Waals surface area contributed by atoms with Gasteiger partial charge >= 0.3 is 12.1 Å². The van der Waals surface area contributed by atoms with Crippen LogP contribution in [0.2, 0.25) is 0 Å². The lowest BCUT2D eigenvalue weighted by molar-refractivity contribution is -0.152. The van der Waals surface area contributed by atoms with Crippen molar-refractivity contribution in [3.8, 4) is 0 Å². The second-order valence-corrected chi connectivity index (χ2v) is 7.25. The Morgan fingerprint density at radius 1 is 1.27 bits per heavy atom. The van der Waals surface area contributed by atoms with E-state index in [-0.39, 0.29) is 13.2 Å². The first kappa shape index (κ1) is 18.0. The number of H-pyrrole nitrogens is 1. The van der Waals surface area contributed by atoms with E-state index in [4.69, 9.17) is 9.47 Å². The van der Waals surface area contributed by atoms with Gasteiger partial charge < -0.3 is 14.5 Å². The van der Waals surface area contributed by atoms with Crippen LogP contribution in [0.25, 0.3) is 0 Å². The third-order valence-corrected chi connectivity index (χ3v) is 4.02. The number of nitrogens with zero attached hydrogens (tertiary/aromatic N) is 2. The molecule has 0 bridgehead atoms. The van der Waals surface area contributed by atoms with E-state index in [1.807, 2.05) is 30.3 Å². The molecule has 0 spiro atoms. The fourth-order valence-corrected chi connectivity index (χ4v) is 2.78. The Hall–Kier alpha value is -2.83. The lowest BCUT2D eigenvalue weighted by Crippen LogP contribution is -2.50. The number of esters is 1. The van der Waals surface area contributed by atoms with E-state index < -0.39 is 23.7 Å². The van der Waals surface area contributed by atoms with Gasteiger partial charge in [0.15, 0.2) is 0 Å². The lowest BCUT2D eigenvalue weighted by Gasteiger charge is -2.34. The first-order valence-corrected chi connectivity index (χ1v) is 8.55. The van der Waals surface area contributed by atoms with Crippen molar-refractivity contribution in [2.45, 2.75) is 52.0 Å². The summed E-state index contributed by atoms with van der Waals surface area (Å²) >= 11 is 0. The third kappa shape index (κ3) is 4.22. The van der Waals surface area contributed by atoms with Gasteiger partial charge in [-0.3, -0.25) is 4.90 Å². The molecule has 1 atom stereocenters. The van der Waals surface area contributed by atoms with E-state index in [0.29, 0.717) is 6.42 Å². The van der Waals surface area contributed by atoms with E-state index in [9.17, 15) is 9.59 Å². The zero-order valence-corrected chi connectivity index (χ0v) is 15.2. The summed E-state index contributed by atoms with van der Waals surface area (Å²) in [7, 11) is 0. The molecule has 0 saturated carbocycles. The monoisotopic (exact) mass is 357 g/mol. The van der Waals surface area contributed by atoms with Crippen LogP contribution in [0, 0.1) is 0 Å². The molecule has 1 aliphatic heterocycles. The van der Waals surface area contributed by atoms with E-state index in [1.54, 1.807) is 27.1 Å². The third-order valence-electron chi connectivity index (χ3n) is 4.02. The minimum absolute atomic E-state index is 0.158. The zero-order valence-electron chi connectivity index (χ0n) is 15.2. The molecule has 0 unspecified atom stereocenters. The van der Waals surface area contributed by atoms with Gasteiger partial charge in [0, 0.05) is 6.42 Å². The van der Waals surface area contributed by atoms with Gasteiger partial charge in [-0.25, -0.2) is 14.6 Å². The summed E-state index contributed by atoms with van der Waals surface area (Å²) in [5.74, 6) is -0.464. The smallest absolute Gasteiger partial charge is 0.411 e. The lowest BCUT2D eigenvalue weighted by atomic mass is 10.0. The van der Waals surface area contributed by atoms with Crippen LogP contribution in [0.5, 0.6) is 0 Å². The summed E-state index contributed by atoms with van der Waals surface area (Å²) in [6.07, 6.45) is 1.32. The number of imidazole rings is 1. The molecule has 0 aliphatic carbocycles. The Kier molecular flexibility index (Phi) is 4.97. The molecule has 0 radical (unpaired) electrons. The summed E-state index contributed by atoms with van der Waals surface area (Å²) in [5, 5.41) is 0. The maximum atomic E-state index is 12.7. The molecule has 0 fully saturated rings. The normalized spacial score (nSPS) is 16.7. The molecule has 7 heteroatoms. The van der Waals surface area contributed by atoms with Gasteiger partial charge in [-0.15, -0.1) is 0 Å². The van der Waals surface area contributed by atoms with Crippen LogP contribution in [0.15, 0.2) is 36.7 Å². The minimum atomic E-state index is -0.760. The van der Waals surface area contributed by atoms with Crippen molar-refractivity contribution < 1.29 is 19.1 Å². The second kappa shape index (κ2) is 7.19. The van der Waals surface area contributed by atoms with Crippen molar-refractivity contribution in [3.05, 3.63) is 53.6 Å². The summed E-state index contributed by atoms with van der Waals surface area (Å²) in [6.45, 7) is 5.76. The molecule has 1 amide bonds. The molecular weight excluding hydrogens is 334 g/mol. The largest absolute Gasteiger partial charge is 0.459 e. The first-order valence-electron chi connectivity index (χ1n) is 8.55. The van der Waals surface area contributed by atoms with Gasteiger partial charge in [0.2, 0.25) is 0 Å². The highest BCUT2D eigenvalue weighted by Gasteiger charge is 2.39. The second-order valence-electron chi connectivity index (χ2n) is 7.25. The Balaban J connectivity index is 1.74. The average molecular weight is 357 g/mol.